The second-order valence-electron chi connectivity index (χ2n) is 3.13. The molecule has 0 aromatic heterocycles. The van der Waals surface area contributed by atoms with Gasteiger partial charge in [0.2, 0.25) is 0 Å². The van der Waals surface area contributed by atoms with Gasteiger partial charge in [-0.3, -0.25) is 0 Å². The number of allylic oxidation sites excluding steroid dienone is 6. The molecule has 74 valence electrons. The highest BCUT2D eigenvalue weighted by Gasteiger charge is 1.88. The zero-order valence-electron chi connectivity index (χ0n) is 8.81. The molecule has 13 heavy (non-hydrogen) atoms. The first-order valence-electron chi connectivity index (χ1n) is 4.90. The molecule has 0 aromatic carbocycles. The quantitative estimate of drug-likeness (QED) is 0.556. The van der Waals surface area contributed by atoms with Crippen molar-refractivity contribution in [1.82, 2.24) is 0 Å². The van der Waals surface area contributed by atoms with E-state index in [4.69, 9.17) is 11.6 Å². The summed E-state index contributed by atoms with van der Waals surface area (Å²) in [6.07, 6.45) is 11.4. The predicted octanol–water partition coefficient (Wildman–Crippen LogP) is 4.82. The molecule has 0 aliphatic carbocycles. The highest BCUT2D eigenvalue weighted by molar-refractivity contribution is 6.31. The van der Waals surface area contributed by atoms with Crippen LogP contribution in [0.5, 0.6) is 0 Å². The minimum absolute atomic E-state index is 0.815. The van der Waals surface area contributed by atoms with Crippen molar-refractivity contribution in [2.24, 2.45) is 0 Å². The third kappa shape index (κ3) is 7.86. The van der Waals surface area contributed by atoms with E-state index in [1.54, 1.807) is 0 Å². The average Bonchev–Trinajstić information content (AvgIpc) is 2.05. The van der Waals surface area contributed by atoms with Crippen molar-refractivity contribution in [3.8, 4) is 0 Å². The van der Waals surface area contributed by atoms with E-state index in [-0.39, 0.29) is 0 Å². The van der Waals surface area contributed by atoms with Crippen LogP contribution in [0.25, 0.3) is 0 Å². The Morgan fingerprint density at radius 2 is 2.00 bits per heavy atom. The molecule has 0 radical (unpaired) electrons. The van der Waals surface area contributed by atoms with Crippen molar-refractivity contribution in [1.29, 1.82) is 0 Å². The summed E-state index contributed by atoms with van der Waals surface area (Å²) in [5, 5.41) is 0.815. The van der Waals surface area contributed by atoms with Crippen molar-refractivity contribution in [2.75, 3.05) is 0 Å². The molecule has 1 heteroatoms. The molecule has 0 heterocycles. The van der Waals surface area contributed by atoms with Crippen LogP contribution in [0.1, 0.15) is 40.0 Å². The summed E-state index contributed by atoms with van der Waals surface area (Å²) >= 11 is 5.98. The van der Waals surface area contributed by atoms with Crippen LogP contribution in [0.3, 0.4) is 0 Å². The van der Waals surface area contributed by atoms with E-state index in [0.717, 1.165) is 17.9 Å². The van der Waals surface area contributed by atoms with E-state index < -0.39 is 0 Å². The molecule has 0 N–H and O–H groups in total. The van der Waals surface area contributed by atoms with Gasteiger partial charge in [0, 0.05) is 5.03 Å². The van der Waals surface area contributed by atoms with Gasteiger partial charge in [-0.15, -0.1) is 0 Å². The fourth-order valence-corrected chi connectivity index (χ4v) is 1.31. The summed E-state index contributed by atoms with van der Waals surface area (Å²) in [6, 6.07) is 0. The van der Waals surface area contributed by atoms with E-state index >= 15 is 0 Å². The molecule has 0 saturated carbocycles. The standard InChI is InChI=1S/C12H19Cl/c1-4-6-7-9-12(13)10-11(3)8-5-2/h6-7,9-10H,4-5,8H2,1-3H3/b7-6+,11-10+,12-9+. The Balaban J connectivity index is 4.10. The lowest BCUT2D eigenvalue weighted by Crippen LogP contribution is -1.75. The van der Waals surface area contributed by atoms with Crippen molar-refractivity contribution in [2.45, 2.75) is 40.0 Å². The molecule has 0 unspecified atom stereocenters. The summed E-state index contributed by atoms with van der Waals surface area (Å²) in [5.41, 5.74) is 1.34. The third-order valence-electron chi connectivity index (χ3n) is 1.66. The molecule has 0 spiro atoms. The molecule has 0 bridgehead atoms. The third-order valence-corrected chi connectivity index (χ3v) is 1.89. The average molecular weight is 199 g/mol. The van der Waals surface area contributed by atoms with Crippen LogP contribution in [0.15, 0.2) is 34.9 Å². The zero-order valence-corrected chi connectivity index (χ0v) is 9.56. The first-order valence-corrected chi connectivity index (χ1v) is 5.28. The normalized spacial score (nSPS) is 14.2. The van der Waals surface area contributed by atoms with E-state index in [0.29, 0.717) is 0 Å². The van der Waals surface area contributed by atoms with E-state index in [1.807, 2.05) is 18.2 Å². The van der Waals surface area contributed by atoms with Gasteiger partial charge in [-0.1, -0.05) is 49.6 Å². The lowest BCUT2D eigenvalue weighted by Gasteiger charge is -1.95. The fraction of sp³-hybridized carbons (Fsp3) is 0.500. The van der Waals surface area contributed by atoms with Crippen LogP contribution < -0.4 is 0 Å². The maximum absolute atomic E-state index is 5.98. The van der Waals surface area contributed by atoms with Gasteiger partial charge in [-0.25, -0.2) is 0 Å². The second kappa shape index (κ2) is 8.12. The summed E-state index contributed by atoms with van der Waals surface area (Å²) in [6.45, 7) is 6.39. The van der Waals surface area contributed by atoms with Crippen LogP contribution >= 0.6 is 11.6 Å². The molecule has 0 aliphatic rings. The topological polar surface area (TPSA) is 0 Å². The predicted molar refractivity (Wildman–Crippen MR) is 62.0 cm³/mol. The number of rotatable bonds is 5. The lowest BCUT2D eigenvalue weighted by molar-refractivity contribution is 0.905. The molecule has 0 nitrogen and oxygen atoms in total. The zero-order chi connectivity index (χ0) is 10.1. The SMILES string of the molecule is CC/C=C/C=C(Cl)\C=C(/C)CCC. The molecule has 0 fully saturated rings. The smallest absolute Gasteiger partial charge is 0.0405 e. The molecule has 0 amide bonds. The van der Waals surface area contributed by atoms with Crippen LogP contribution in [0.2, 0.25) is 0 Å². The Kier molecular flexibility index (Phi) is 7.82. The van der Waals surface area contributed by atoms with Gasteiger partial charge < -0.3 is 0 Å². The monoisotopic (exact) mass is 198 g/mol. The number of hydrogen-bond acceptors (Lipinski definition) is 0. The molecule has 0 atom stereocenters. The Hall–Kier alpha value is -0.490. The van der Waals surface area contributed by atoms with E-state index in [1.165, 1.54) is 12.0 Å². The van der Waals surface area contributed by atoms with Gasteiger partial charge in [0.1, 0.15) is 0 Å². The molecule has 0 rings (SSSR count). The highest BCUT2D eigenvalue weighted by Crippen LogP contribution is 2.11. The largest absolute Gasteiger partial charge is 0.0848 e. The van der Waals surface area contributed by atoms with Crippen LogP contribution in [-0.4, -0.2) is 0 Å². The molecule has 0 aromatic rings. The van der Waals surface area contributed by atoms with Crippen molar-refractivity contribution < 1.29 is 0 Å². The van der Waals surface area contributed by atoms with Crippen LogP contribution in [-0.2, 0) is 0 Å². The minimum atomic E-state index is 0.815. The Bertz CT molecular complexity index is 209. The van der Waals surface area contributed by atoms with Crippen molar-refractivity contribution >= 4 is 11.6 Å². The maximum atomic E-state index is 5.98. The molecular weight excluding hydrogens is 180 g/mol. The van der Waals surface area contributed by atoms with Gasteiger partial charge in [0.05, 0.1) is 0 Å². The first-order chi connectivity index (χ1) is 6.20. The minimum Gasteiger partial charge on any atom is -0.0848 e. The van der Waals surface area contributed by atoms with Gasteiger partial charge in [-0.2, -0.15) is 0 Å². The molecular formula is C12H19Cl. The summed E-state index contributed by atoms with van der Waals surface area (Å²) < 4.78 is 0. The maximum Gasteiger partial charge on any atom is 0.0405 e. The van der Waals surface area contributed by atoms with Gasteiger partial charge in [-0.05, 0) is 31.9 Å². The first kappa shape index (κ1) is 12.5. The van der Waals surface area contributed by atoms with E-state index in [9.17, 15) is 0 Å². The lowest BCUT2D eigenvalue weighted by atomic mass is 10.1. The van der Waals surface area contributed by atoms with Crippen LogP contribution in [0.4, 0.5) is 0 Å². The van der Waals surface area contributed by atoms with Gasteiger partial charge in [0.15, 0.2) is 0 Å². The van der Waals surface area contributed by atoms with Gasteiger partial charge >= 0.3 is 0 Å². The summed E-state index contributed by atoms with van der Waals surface area (Å²) in [4.78, 5) is 0. The summed E-state index contributed by atoms with van der Waals surface area (Å²) in [5.74, 6) is 0. The second-order valence-corrected chi connectivity index (χ2v) is 3.57. The highest BCUT2D eigenvalue weighted by atomic mass is 35.5. The summed E-state index contributed by atoms with van der Waals surface area (Å²) in [7, 11) is 0. The van der Waals surface area contributed by atoms with E-state index in [2.05, 4.69) is 26.8 Å². The Morgan fingerprint density at radius 1 is 1.31 bits per heavy atom. The van der Waals surface area contributed by atoms with Crippen LogP contribution in [0, 0.1) is 0 Å². The molecule has 0 aliphatic heterocycles. The van der Waals surface area contributed by atoms with Crippen molar-refractivity contribution in [3.05, 3.63) is 34.9 Å². The van der Waals surface area contributed by atoms with Gasteiger partial charge in [0.25, 0.3) is 0 Å². The van der Waals surface area contributed by atoms with Crippen molar-refractivity contribution in [3.63, 3.8) is 0 Å². The Morgan fingerprint density at radius 3 is 2.54 bits per heavy atom. The number of halogens is 1. The Labute approximate surface area is 87.0 Å². The fourth-order valence-electron chi connectivity index (χ4n) is 1.05. The molecule has 0 saturated heterocycles. The number of hydrogen-bond donors (Lipinski definition) is 0.